The molecule has 1 atom stereocenters. The van der Waals surface area contributed by atoms with E-state index >= 15 is 0 Å². The van der Waals surface area contributed by atoms with Crippen molar-refractivity contribution >= 4 is 5.97 Å². The van der Waals surface area contributed by atoms with Gasteiger partial charge in [-0.3, -0.25) is 9.67 Å². The second-order valence-electron chi connectivity index (χ2n) is 8.94. The minimum atomic E-state index is -4.69. The number of benzene rings is 2. The molecule has 2 aliphatic heterocycles. The summed E-state index contributed by atoms with van der Waals surface area (Å²) in [6.45, 7) is 2.09. The Bertz CT molecular complexity index is 1690. The minimum Gasteiger partial charge on any atom is -0.494 e. The van der Waals surface area contributed by atoms with Gasteiger partial charge in [0.1, 0.15) is 17.1 Å². The fourth-order valence-electron chi connectivity index (χ4n) is 4.20. The largest absolute Gasteiger partial charge is 0.494 e. The van der Waals surface area contributed by atoms with Crippen LogP contribution in [0.4, 0.5) is 22.0 Å². The van der Waals surface area contributed by atoms with Crippen LogP contribution in [0, 0.1) is 11.6 Å². The summed E-state index contributed by atoms with van der Waals surface area (Å²) in [5.74, 6) is -3.58. The van der Waals surface area contributed by atoms with Crippen LogP contribution < -0.4 is 4.74 Å². The van der Waals surface area contributed by atoms with Gasteiger partial charge in [-0.25, -0.2) is 23.5 Å². The summed E-state index contributed by atoms with van der Waals surface area (Å²) in [6.07, 6.45) is -0.417. The molecule has 5 rings (SSSR count). The summed E-state index contributed by atoms with van der Waals surface area (Å²) in [7, 11) is 0. The van der Waals surface area contributed by atoms with Crippen LogP contribution in [-0.4, -0.2) is 42.4 Å². The van der Waals surface area contributed by atoms with Crippen LogP contribution in [0.5, 0.6) is 5.75 Å². The van der Waals surface area contributed by atoms with Gasteiger partial charge in [-0.15, -0.1) is 0 Å². The lowest BCUT2D eigenvalue weighted by molar-refractivity contribution is -0.140. The highest BCUT2D eigenvalue weighted by atomic mass is 19.4. The molecule has 2 aromatic carbocycles. The van der Waals surface area contributed by atoms with Gasteiger partial charge in [0.05, 0.1) is 35.8 Å². The quantitative estimate of drug-likeness (QED) is 0.220. The topological polar surface area (TPSA) is 103 Å². The maximum Gasteiger partial charge on any atom is 0.417 e. The highest BCUT2D eigenvalue weighted by Gasteiger charge is 2.35. The van der Waals surface area contributed by atoms with E-state index in [1.165, 1.54) is 48.8 Å². The zero-order valence-electron chi connectivity index (χ0n) is 21.2. The normalized spacial score (nSPS) is 12.4. The van der Waals surface area contributed by atoms with Crippen molar-refractivity contribution in [2.75, 3.05) is 6.61 Å². The number of carboxylic acids is 1. The molecule has 2 aliphatic rings. The number of ether oxygens (including phenoxy) is 1. The molecule has 0 fully saturated rings. The Hall–Kier alpha value is -4.94. The molecule has 210 valence electrons. The molecular weight excluding hydrogens is 549 g/mol. The summed E-state index contributed by atoms with van der Waals surface area (Å²) < 4.78 is 75.8. The van der Waals surface area contributed by atoms with E-state index in [2.05, 4.69) is 20.1 Å². The first-order valence-corrected chi connectivity index (χ1v) is 12.3. The van der Waals surface area contributed by atoms with Gasteiger partial charge in [-0.2, -0.15) is 18.3 Å². The molecule has 3 aromatic rings. The molecule has 1 aromatic heterocycles. The Morgan fingerprint density at radius 3 is 2.46 bits per heavy atom. The fraction of sp³-hybridized carbons (Fsp3) is 0.179. The van der Waals surface area contributed by atoms with Crippen molar-refractivity contribution in [2.45, 2.75) is 25.6 Å². The van der Waals surface area contributed by atoms with E-state index in [0.717, 1.165) is 23.0 Å². The van der Waals surface area contributed by atoms with E-state index in [9.17, 15) is 31.9 Å². The van der Waals surface area contributed by atoms with Crippen LogP contribution in [0.15, 0.2) is 67.1 Å². The Morgan fingerprint density at radius 1 is 1.00 bits per heavy atom. The Labute approximate surface area is 229 Å². The number of carbonyl (C=O) groups is 1. The van der Waals surface area contributed by atoms with Gasteiger partial charge in [0, 0.05) is 17.3 Å². The van der Waals surface area contributed by atoms with Gasteiger partial charge in [0.15, 0.2) is 23.5 Å². The molecule has 1 N–H and O–H groups in total. The molecule has 0 aliphatic carbocycles. The van der Waals surface area contributed by atoms with Crippen molar-refractivity contribution in [2.24, 2.45) is 0 Å². The van der Waals surface area contributed by atoms with E-state index in [1.807, 2.05) is 6.92 Å². The smallest absolute Gasteiger partial charge is 0.417 e. The number of alkyl halides is 3. The lowest BCUT2D eigenvalue weighted by Gasteiger charge is -2.17. The third kappa shape index (κ3) is 5.55. The number of pyridine rings is 1. The number of hydrogen-bond donors (Lipinski definition) is 1. The van der Waals surface area contributed by atoms with Gasteiger partial charge in [-0.05, 0) is 42.8 Å². The first-order chi connectivity index (χ1) is 19.6. The van der Waals surface area contributed by atoms with Crippen LogP contribution >= 0.6 is 0 Å². The highest BCUT2D eigenvalue weighted by molar-refractivity contribution is 5.76. The number of aliphatic carboxylic acids is 1. The maximum atomic E-state index is 14.2. The maximum absolute atomic E-state index is 14.2. The molecular formula is C28H20F5N5O3. The molecule has 0 saturated carbocycles. The van der Waals surface area contributed by atoms with Gasteiger partial charge in [0.25, 0.3) is 0 Å². The van der Waals surface area contributed by atoms with Crippen LogP contribution in [0.1, 0.15) is 30.5 Å². The van der Waals surface area contributed by atoms with Gasteiger partial charge in [0.2, 0.25) is 0 Å². The molecule has 1 unspecified atom stereocenters. The number of carboxylic acid groups (broad SMARTS) is 1. The van der Waals surface area contributed by atoms with Crippen molar-refractivity contribution in [3.05, 3.63) is 89.9 Å². The summed E-state index contributed by atoms with van der Waals surface area (Å²) in [6, 6.07) is 8.32. The molecule has 13 heteroatoms. The lowest BCUT2D eigenvalue weighted by atomic mass is 10.0. The van der Waals surface area contributed by atoms with Crippen molar-refractivity contribution in [1.82, 2.24) is 24.7 Å². The molecule has 0 bridgehead atoms. The number of aromatic nitrogens is 5. The Kier molecular flexibility index (Phi) is 7.35. The second-order valence-corrected chi connectivity index (χ2v) is 8.94. The van der Waals surface area contributed by atoms with E-state index in [1.54, 1.807) is 0 Å². The first kappa shape index (κ1) is 27.6. The molecule has 0 saturated heterocycles. The average molecular weight is 569 g/mol. The highest BCUT2D eigenvalue weighted by Crippen LogP contribution is 2.39. The van der Waals surface area contributed by atoms with E-state index in [-0.39, 0.29) is 52.0 Å². The van der Waals surface area contributed by atoms with Crippen LogP contribution in [0.2, 0.25) is 0 Å². The summed E-state index contributed by atoms with van der Waals surface area (Å²) >= 11 is 0. The molecule has 3 heterocycles. The van der Waals surface area contributed by atoms with Crippen LogP contribution in [-0.2, 0) is 11.0 Å². The second kappa shape index (κ2) is 10.9. The zero-order chi connectivity index (χ0) is 29.3. The molecule has 41 heavy (non-hydrogen) atoms. The summed E-state index contributed by atoms with van der Waals surface area (Å²) in [4.78, 5) is 24.7. The standard InChI is InChI=1S/C28H20F5N5O3/c1-2-10-41-16-7-8-17(19(11-16)28(31,32)33)21-9-6-15(12-34-21)25(27(39)40)38-14-23-22(13-35-38)36-26(37-23)18-4-3-5-20(29)24(18)30/h3-9,11-14,25H,2,10H2,1H3,(H,39,40). The predicted molar refractivity (Wildman–Crippen MR) is 136 cm³/mol. The Morgan fingerprint density at radius 2 is 1.78 bits per heavy atom. The average Bonchev–Trinajstić information content (AvgIpc) is 3.36. The van der Waals surface area contributed by atoms with Crippen LogP contribution in [0.25, 0.3) is 34.0 Å². The van der Waals surface area contributed by atoms with E-state index in [0.29, 0.717) is 6.42 Å². The third-order valence-corrected chi connectivity index (χ3v) is 6.12. The number of imidazole rings is 1. The zero-order valence-corrected chi connectivity index (χ0v) is 21.2. The molecule has 0 amide bonds. The van der Waals surface area contributed by atoms with E-state index in [4.69, 9.17) is 4.74 Å². The van der Waals surface area contributed by atoms with Crippen molar-refractivity contribution < 1.29 is 36.6 Å². The molecule has 0 spiro atoms. The lowest BCUT2D eigenvalue weighted by Crippen LogP contribution is -2.23. The number of nitrogens with zero attached hydrogens (tertiary/aromatic N) is 5. The van der Waals surface area contributed by atoms with Crippen molar-refractivity contribution in [3.8, 4) is 39.8 Å². The van der Waals surface area contributed by atoms with Gasteiger partial charge >= 0.3 is 12.1 Å². The van der Waals surface area contributed by atoms with E-state index < -0.39 is 35.4 Å². The number of fused-ring (bicyclic) bond motifs is 1. The fourth-order valence-corrected chi connectivity index (χ4v) is 4.20. The number of rotatable bonds is 8. The summed E-state index contributed by atoms with van der Waals surface area (Å²) in [5.41, 5.74) is -0.849. The molecule has 0 radical (unpaired) electrons. The third-order valence-electron chi connectivity index (χ3n) is 6.12. The predicted octanol–water partition coefficient (Wildman–Crippen LogP) is 6.27. The van der Waals surface area contributed by atoms with Gasteiger partial charge < -0.3 is 9.84 Å². The first-order valence-electron chi connectivity index (χ1n) is 12.3. The number of hydrogen-bond acceptors (Lipinski definition) is 6. The molecule has 8 nitrogen and oxygen atoms in total. The van der Waals surface area contributed by atoms with Crippen molar-refractivity contribution in [1.29, 1.82) is 0 Å². The van der Waals surface area contributed by atoms with Crippen molar-refractivity contribution in [3.63, 3.8) is 0 Å². The SMILES string of the molecule is CCCOc1ccc(-c2ccc(C(C(=O)O)n3cc4nc(-c5cccc(F)c5F)nc-4cn3)cn2)c(C(F)(F)F)c1. The number of halogens is 5. The van der Waals surface area contributed by atoms with Crippen LogP contribution in [0.3, 0.4) is 0 Å². The Balaban J connectivity index is 1.49. The minimum absolute atomic E-state index is 0.0238. The monoisotopic (exact) mass is 569 g/mol. The van der Waals surface area contributed by atoms with Gasteiger partial charge in [-0.1, -0.05) is 19.1 Å². The summed E-state index contributed by atoms with van der Waals surface area (Å²) in [5, 5.41) is 14.1.